The van der Waals surface area contributed by atoms with Gasteiger partial charge in [0.2, 0.25) is 0 Å². The van der Waals surface area contributed by atoms with E-state index < -0.39 is 4.92 Å². The van der Waals surface area contributed by atoms with Crippen LogP contribution in [0.15, 0.2) is 45.3 Å². The van der Waals surface area contributed by atoms with Crippen molar-refractivity contribution in [2.75, 3.05) is 5.32 Å². The second kappa shape index (κ2) is 6.84. The highest BCUT2D eigenvalue weighted by Gasteiger charge is 2.14. The lowest BCUT2D eigenvalue weighted by Gasteiger charge is -2.09. The zero-order valence-electron chi connectivity index (χ0n) is 10.3. The van der Waals surface area contributed by atoms with Crippen LogP contribution >= 0.6 is 54.5 Å². The minimum Gasteiger partial charge on any atom is -0.321 e. The summed E-state index contributed by atoms with van der Waals surface area (Å²) in [4.78, 5) is 22.4. The average molecular weight is 526 g/mol. The normalized spacial score (nSPS) is 10.2. The van der Waals surface area contributed by atoms with Gasteiger partial charge in [-0.05, 0) is 78.7 Å². The molecular formula is C13H7Br2IN2O3. The Labute approximate surface area is 150 Å². The number of carbonyl (C=O) groups excluding carboxylic acids is 1. The summed E-state index contributed by atoms with van der Waals surface area (Å²) in [6, 6.07) is 9.59. The van der Waals surface area contributed by atoms with Crippen molar-refractivity contribution in [1.82, 2.24) is 0 Å². The predicted octanol–water partition coefficient (Wildman–Crippen LogP) is 4.98. The van der Waals surface area contributed by atoms with Crippen LogP contribution in [-0.4, -0.2) is 10.8 Å². The number of nitro groups is 1. The molecular weight excluding hydrogens is 519 g/mol. The van der Waals surface area contributed by atoms with Crippen molar-refractivity contribution < 1.29 is 9.72 Å². The minimum atomic E-state index is -0.494. The predicted molar refractivity (Wildman–Crippen MR) is 95.6 cm³/mol. The fourth-order valence-electron chi connectivity index (χ4n) is 1.58. The number of anilines is 1. The van der Waals surface area contributed by atoms with Gasteiger partial charge in [0.25, 0.3) is 11.6 Å². The first kappa shape index (κ1) is 16.4. The van der Waals surface area contributed by atoms with E-state index in [1.807, 2.05) is 6.07 Å². The molecule has 2 aromatic carbocycles. The van der Waals surface area contributed by atoms with Gasteiger partial charge >= 0.3 is 0 Å². The smallest absolute Gasteiger partial charge is 0.270 e. The lowest BCUT2D eigenvalue weighted by molar-refractivity contribution is -0.384. The molecule has 0 unspecified atom stereocenters. The van der Waals surface area contributed by atoms with E-state index in [1.54, 1.807) is 12.1 Å². The number of amides is 1. The van der Waals surface area contributed by atoms with Crippen LogP contribution in [0.3, 0.4) is 0 Å². The van der Waals surface area contributed by atoms with Gasteiger partial charge in [0.1, 0.15) is 0 Å². The Bertz CT molecular complexity index is 737. The van der Waals surface area contributed by atoms with Crippen molar-refractivity contribution in [2.24, 2.45) is 0 Å². The maximum Gasteiger partial charge on any atom is 0.270 e. The summed E-state index contributed by atoms with van der Waals surface area (Å²) in [6.07, 6.45) is 0. The van der Waals surface area contributed by atoms with Crippen LogP contribution in [0.5, 0.6) is 0 Å². The van der Waals surface area contributed by atoms with E-state index in [0.717, 1.165) is 3.57 Å². The van der Waals surface area contributed by atoms with Gasteiger partial charge in [-0.3, -0.25) is 14.9 Å². The molecule has 8 heteroatoms. The SMILES string of the molecule is O=C(Nc1ccc([N+](=O)[O-])cc1Br)c1cc(I)ccc1Br. The molecule has 0 aromatic heterocycles. The van der Waals surface area contributed by atoms with E-state index in [0.29, 0.717) is 20.2 Å². The van der Waals surface area contributed by atoms with E-state index in [4.69, 9.17) is 0 Å². The summed E-state index contributed by atoms with van der Waals surface area (Å²) >= 11 is 8.67. The van der Waals surface area contributed by atoms with E-state index in [-0.39, 0.29) is 11.6 Å². The number of carbonyl (C=O) groups is 1. The second-order valence-electron chi connectivity index (χ2n) is 4.00. The molecule has 108 valence electrons. The standard InChI is InChI=1S/C13H7Br2IN2O3/c14-10-3-1-7(16)5-9(10)13(19)17-12-4-2-8(18(20)21)6-11(12)15/h1-6H,(H,17,19). The van der Waals surface area contributed by atoms with Crippen LogP contribution in [0.1, 0.15) is 10.4 Å². The molecule has 21 heavy (non-hydrogen) atoms. The molecule has 0 atom stereocenters. The highest BCUT2D eigenvalue weighted by molar-refractivity contribution is 14.1. The molecule has 0 aliphatic heterocycles. The Morgan fingerprint density at radius 2 is 1.86 bits per heavy atom. The van der Waals surface area contributed by atoms with E-state index in [9.17, 15) is 14.9 Å². The zero-order valence-corrected chi connectivity index (χ0v) is 15.6. The first-order valence-corrected chi connectivity index (χ1v) is 8.25. The Morgan fingerprint density at radius 3 is 2.48 bits per heavy atom. The maximum atomic E-state index is 12.3. The Morgan fingerprint density at radius 1 is 1.14 bits per heavy atom. The molecule has 5 nitrogen and oxygen atoms in total. The Balaban J connectivity index is 2.27. The second-order valence-corrected chi connectivity index (χ2v) is 6.95. The number of rotatable bonds is 3. The molecule has 0 radical (unpaired) electrons. The van der Waals surface area contributed by atoms with E-state index >= 15 is 0 Å². The topological polar surface area (TPSA) is 72.2 Å². The Kier molecular flexibility index (Phi) is 5.33. The highest BCUT2D eigenvalue weighted by Crippen LogP contribution is 2.28. The summed E-state index contributed by atoms with van der Waals surface area (Å²) < 4.78 is 2.06. The summed E-state index contributed by atoms with van der Waals surface area (Å²) in [5, 5.41) is 13.4. The molecule has 0 spiro atoms. The summed E-state index contributed by atoms with van der Waals surface area (Å²) in [6.45, 7) is 0. The number of hydrogen-bond donors (Lipinski definition) is 1. The fourth-order valence-corrected chi connectivity index (χ4v) is 2.96. The van der Waals surface area contributed by atoms with Gasteiger partial charge in [0, 0.05) is 24.6 Å². The van der Waals surface area contributed by atoms with Gasteiger partial charge in [-0.25, -0.2) is 0 Å². The molecule has 1 N–H and O–H groups in total. The van der Waals surface area contributed by atoms with Crippen LogP contribution in [0.25, 0.3) is 0 Å². The van der Waals surface area contributed by atoms with Crippen LogP contribution < -0.4 is 5.32 Å². The number of benzene rings is 2. The minimum absolute atomic E-state index is 0.0460. The van der Waals surface area contributed by atoms with Crippen molar-refractivity contribution in [1.29, 1.82) is 0 Å². The maximum absolute atomic E-state index is 12.3. The van der Waals surface area contributed by atoms with Crippen LogP contribution in [0.2, 0.25) is 0 Å². The van der Waals surface area contributed by atoms with Crippen LogP contribution in [0.4, 0.5) is 11.4 Å². The third kappa shape index (κ3) is 4.01. The van der Waals surface area contributed by atoms with Crippen molar-refractivity contribution >= 4 is 71.7 Å². The van der Waals surface area contributed by atoms with E-state index in [1.165, 1.54) is 18.2 Å². The number of non-ortho nitro benzene ring substituents is 1. The fraction of sp³-hybridized carbons (Fsp3) is 0. The lowest BCUT2D eigenvalue weighted by Crippen LogP contribution is -2.13. The third-order valence-corrected chi connectivity index (χ3v) is 4.60. The molecule has 2 aromatic rings. The van der Waals surface area contributed by atoms with Gasteiger partial charge in [0.05, 0.1) is 16.2 Å². The van der Waals surface area contributed by atoms with Crippen molar-refractivity contribution in [3.63, 3.8) is 0 Å². The number of hydrogen-bond acceptors (Lipinski definition) is 3. The molecule has 0 saturated carbocycles. The molecule has 1 amide bonds. The number of halogens is 3. The molecule has 0 heterocycles. The van der Waals surface area contributed by atoms with Gasteiger partial charge in [0.15, 0.2) is 0 Å². The summed E-state index contributed by atoms with van der Waals surface area (Å²) in [7, 11) is 0. The number of nitrogens with one attached hydrogen (secondary N) is 1. The van der Waals surface area contributed by atoms with Crippen molar-refractivity contribution in [3.05, 3.63) is 64.6 Å². The molecule has 0 aliphatic carbocycles. The first-order chi connectivity index (χ1) is 9.88. The number of nitrogens with zero attached hydrogens (tertiary/aromatic N) is 1. The van der Waals surface area contributed by atoms with Crippen molar-refractivity contribution in [2.45, 2.75) is 0 Å². The summed E-state index contributed by atoms with van der Waals surface area (Å²) in [5.74, 6) is -0.296. The molecule has 0 fully saturated rings. The van der Waals surface area contributed by atoms with Gasteiger partial charge in [-0.1, -0.05) is 0 Å². The third-order valence-electron chi connectivity index (χ3n) is 2.58. The van der Waals surface area contributed by atoms with Gasteiger partial charge < -0.3 is 5.32 Å². The van der Waals surface area contributed by atoms with Crippen LogP contribution in [0, 0.1) is 13.7 Å². The van der Waals surface area contributed by atoms with Crippen LogP contribution in [-0.2, 0) is 0 Å². The quantitative estimate of drug-likeness (QED) is 0.349. The molecule has 0 bridgehead atoms. The highest BCUT2D eigenvalue weighted by atomic mass is 127. The molecule has 0 saturated heterocycles. The van der Waals surface area contributed by atoms with E-state index in [2.05, 4.69) is 59.8 Å². The van der Waals surface area contributed by atoms with Gasteiger partial charge in [-0.2, -0.15) is 0 Å². The largest absolute Gasteiger partial charge is 0.321 e. The average Bonchev–Trinajstić information content (AvgIpc) is 2.43. The monoisotopic (exact) mass is 524 g/mol. The molecule has 0 aliphatic rings. The summed E-state index contributed by atoms with van der Waals surface area (Å²) in [5.41, 5.74) is 0.916. The lowest BCUT2D eigenvalue weighted by atomic mass is 10.2. The molecule has 2 rings (SSSR count). The number of nitro benzene ring substituents is 1. The first-order valence-electron chi connectivity index (χ1n) is 5.59. The van der Waals surface area contributed by atoms with Crippen molar-refractivity contribution in [3.8, 4) is 0 Å². The zero-order chi connectivity index (χ0) is 15.6. The van der Waals surface area contributed by atoms with Gasteiger partial charge in [-0.15, -0.1) is 0 Å². The Hall–Kier alpha value is -1.000.